The fourth-order valence-electron chi connectivity index (χ4n) is 2.11. The third-order valence-electron chi connectivity index (χ3n) is 3.12. The number of aryl methyl sites for hydroxylation is 2. The number of nitrogens with zero attached hydrogens (tertiary/aromatic N) is 2. The quantitative estimate of drug-likeness (QED) is 0.849. The van der Waals surface area contributed by atoms with E-state index >= 15 is 0 Å². The van der Waals surface area contributed by atoms with Gasteiger partial charge < -0.3 is 10.4 Å². The predicted molar refractivity (Wildman–Crippen MR) is 78.0 cm³/mol. The molecule has 0 fully saturated rings. The summed E-state index contributed by atoms with van der Waals surface area (Å²) in [4.78, 5) is 11.1. The average molecular weight is 273 g/mol. The Morgan fingerprint density at radius 2 is 2.15 bits per heavy atom. The molecule has 2 aromatic rings. The largest absolute Gasteiger partial charge is 0.478 e. The minimum Gasteiger partial charge on any atom is -0.478 e. The first-order valence-corrected chi connectivity index (χ1v) is 6.71. The van der Waals surface area contributed by atoms with Crippen LogP contribution in [0.2, 0.25) is 0 Å². The maximum atomic E-state index is 11.1. The van der Waals surface area contributed by atoms with Crippen LogP contribution in [0.4, 0.5) is 5.69 Å². The standard InChI is InChI=1S/C15H19N3O2/c1-3-8-18-10-14(11(2)17-18)16-9-12-6-4-5-7-13(12)15(19)20/h4-7,10,16H,3,8-9H2,1-2H3,(H,19,20). The van der Waals surface area contributed by atoms with Crippen molar-refractivity contribution in [2.45, 2.75) is 33.4 Å². The normalized spacial score (nSPS) is 10.5. The molecule has 20 heavy (non-hydrogen) atoms. The van der Waals surface area contributed by atoms with Crippen LogP contribution in [-0.2, 0) is 13.1 Å². The molecule has 5 nitrogen and oxygen atoms in total. The molecule has 5 heteroatoms. The van der Waals surface area contributed by atoms with Crippen molar-refractivity contribution in [3.8, 4) is 0 Å². The first kappa shape index (κ1) is 14.1. The number of carboxylic acid groups (broad SMARTS) is 1. The lowest BCUT2D eigenvalue weighted by atomic mass is 10.1. The van der Waals surface area contributed by atoms with E-state index in [1.54, 1.807) is 12.1 Å². The van der Waals surface area contributed by atoms with Gasteiger partial charge in [-0.1, -0.05) is 25.1 Å². The third kappa shape index (κ3) is 3.17. The van der Waals surface area contributed by atoms with Gasteiger partial charge in [-0.15, -0.1) is 0 Å². The van der Waals surface area contributed by atoms with Crippen molar-refractivity contribution in [2.75, 3.05) is 5.32 Å². The summed E-state index contributed by atoms with van der Waals surface area (Å²) in [6, 6.07) is 7.02. The van der Waals surface area contributed by atoms with Crippen LogP contribution in [0.3, 0.4) is 0 Å². The maximum absolute atomic E-state index is 11.1. The number of aromatic carboxylic acids is 1. The molecule has 0 saturated heterocycles. The number of hydrogen-bond donors (Lipinski definition) is 2. The Balaban J connectivity index is 2.11. The van der Waals surface area contributed by atoms with Crippen molar-refractivity contribution in [1.82, 2.24) is 9.78 Å². The summed E-state index contributed by atoms with van der Waals surface area (Å²) in [6.07, 6.45) is 2.99. The first-order chi connectivity index (χ1) is 9.61. The van der Waals surface area contributed by atoms with Crippen molar-refractivity contribution in [3.05, 3.63) is 47.3 Å². The minimum absolute atomic E-state index is 0.332. The Hall–Kier alpha value is -2.30. The molecule has 1 aromatic carbocycles. The lowest BCUT2D eigenvalue weighted by Gasteiger charge is -2.07. The second-order valence-corrected chi connectivity index (χ2v) is 4.71. The van der Waals surface area contributed by atoms with Crippen LogP contribution < -0.4 is 5.32 Å². The Morgan fingerprint density at radius 3 is 2.85 bits per heavy atom. The van der Waals surface area contributed by atoms with Gasteiger partial charge in [0.15, 0.2) is 0 Å². The van der Waals surface area contributed by atoms with Gasteiger partial charge in [0.1, 0.15) is 0 Å². The van der Waals surface area contributed by atoms with E-state index in [0.29, 0.717) is 12.1 Å². The lowest BCUT2D eigenvalue weighted by molar-refractivity contribution is 0.0696. The van der Waals surface area contributed by atoms with Gasteiger partial charge in [0, 0.05) is 19.3 Å². The number of carboxylic acids is 1. The van der Waals surface area contributed by atoms with Gasteiger partial charge in [0.05, 0.1) is 16.9 Å². The van der Waals surface area contributed by atoms with Crippen LogP contribution in [0.25, 0.3) is 0 Å². The Bertz CT molecular complexity index is 605. The highest BCUT2D eigenvalue weighted by atomic mass is 16.4. The molecule has 0 radical (unpaired) electrons. The fraction of sp³-hybridized carbons (Fsp3) is 0.333. The fourth-order valence-corrected chi connectivity index (χ4v) is 2.11. The molecule has 0 aliphatic carbocycles. The van der Waals surface area contributed by atoms with Crippen molar-refractivity contribution in [1.29, 1.82) is 0 Å². The summed E-state index contributed by atoms with van der Waals surface area (Å²) in [7, 11) is 0. The highest BCUT2D eigenvalue weighted by Crippen LogP contribution is 2.16. The third-order valence-corrected chi connectivity index (χ3v) is 3.12. The molecule has 0 unspecified atom stereocenters. The lowest BCUT2D eigenvalue weighted by Crippen LogP contribution is -2.07. The van der Waals surface area contributed by atoms with Gasteiger partial charge in [-0.05, 0) is 25.0 Å². The van der Waals surface area contributed by atoms with Crippen LogP contribution in [0.15, 0.2) is 30.5 Å². The molecule has 0 spiro atoms. The van der Waals surface area contributed by atoms with E-state index in [4.69, 9.17) is 5.11 Å². The molecule has 0 atom stereocenters. The van der Waals surface area contributed by atoms with Gasteiger partial charge in [-0.3, -0.25) is 4.68 Å². The Kier molecular flexibility index (Phi) is 4.40. The summed E-state index contributed by atoms with van der Waals surface area (Å²) in [6.45, 7) is 5.40. The number of rotatable bonds is 6. The number of anilines is 1. The molecule has 0 saturated carbocycles. The minimum atomic E-state index is -0.902. The second-order valence-electron chi connectivity index (χ2n) is 4.71. The van der Waals surface area contributed by atoms with Crippen LogP contribution in [0.5, 0.6) is 0 Å². The van der Waals surface area contributed by atoms with Crippen molar-refractivity contribution < 1.29 is 9.90 Å². The predicted octanol–water partition coefficient (Wildman–Crippen LogP) is 2.91. The van der Waals surface area contributed by atoms with E-state index in [1.165, 1.54) is 0 Å². The molecular formula is C15H19N3O2. The van der Waals surface area contributed by atoms with Gasteiger partial charge in [-0.25, -0.2) is 4.79 Å². The zero-order valence-electron chi connectivity index (χ0n) is 11.8. The van der Waals surface area contributed by atoms with E-state index in [9.17, 15) is 4.79 Å². The molecule has 2 rings (SSSR count). The van der Waals surface area contributed by atoms with Crippen LogP contribution in [0, 0.1) is 6.92 Å². The summed E-state index contributed by atoms with van der Waals surface area (Å²) in [5.41, 5.74) is 2.96. The van der Waals surface area contributed by atoms with E-state index in [0.717, 1.165) is 29.9 Å². The Labute approximate surface area is 118 Å². The molecule has 0 bridgehead atoms. The maximum Gasteiger partial charge on any atom is 0.336 e. The molecule has 106 valence electrons. The molecule has 0 aliphatic rings. The monoisotopic (exact) mass is 273 g/mol. The van der Waals surface area contributed by atoms with Crippen molar-refractivity contribution >= 4 is 11.7 Å². The highest BCUT2D eigenvalue weighted by Gasteiger charge is 2.10. The topological polar surface area (TPSA) is 67.2 Å². The summed E-state index contributed by atoms with van der Waals surface area (Å²) in [5.74, 6) is -0.902. The SMILES string of the molecule is CCCn1cc(NCc2ccccc2C(=O)O)c(C)n1. The molecule has 0 amide bonds. The van der Waals surface area contributed by atoms with Gasteiger partial charge in [0.2, 0.25) is 0 Å². The number of aromatic nitrogens is 2. The van der Waals surface area contributed by atoms with Crippen LogP contribution in [-0.4, -0.2) is 20.9 Å². The number of hydrogen-bond acceptors (Lipinski definition) is 3. The number of benzene rings is 1. The van der Waals surface area contributed by atoms with E-state index in [-0.39, 0.29) is 0 Å². The summed E-state index contributed by atoms with van der Waals surface area (Å²) >= 11 is 0. The summed E-state index contributed by atoms with van der Waals surface area (Å²) in [5, 5.41) is 16.8. The van der Waals surface area contributed by atoms with Crippen molar-refractivity contribution in [2.24, 2.45) is 0 Å². The second kappa shape index (κ2) is 6.23. The molecule has 0 aliphatic heterocycles. The van der Waals surface area contributed by atoms with Crippen LogP contribution >= 0.6 is 0 Å². The van der Waals surface area contributed by atoms with Crippen molar-refractivity contribution in [3.63, 3.8) is 0 Å². The smallest absolute Gasteiger partial charge is 0.336 e. The van der Waals surface area contributed by atoms with Gasteiger partial charge >= 0.3 is 5.97 Å². The van der Waals surface area contributed by atoms with E-state index in [2.05, 4.69) is 17.3 Å². The van der Waals surface area contributed by atoms with Crippen LogP contribution in [0.1, 0.15) is 35.0 Å². The van der Waals surface area contributed by atoms with Gasteiger partial charge in [0.25, 0.3) is 0 Å². The summed E-state index contributed by atoms with van der Waals surface area (Å²) < 4.78 is 1.90. The number of carbonyl (C=O) groups is 1. The van der Waals surface area contributed by atoms with E-state index in [1.807, 2.05) is 29.9 Å². The zero-order valence-corrected chi connectivity index (χ0v) is 11.8. The molecule has 2 N–H and O–H groups in total. The van der Waals surface area contributed by atoms with E-state index < -0.39 is 5.97 Å². The number of nitrogens with one attached hydrogen (secondary N) is 1. The molecule has 1 heterocycles. The first-order valence-electron chi connectivity index (χ1n) is 6.71. The zero-order chi connectivity index (χ0) is 14.5. The highest BCUT2D eigenvalue weighted by molar-refractivity contribution is 5.89. The van der Waals surface area contributed by atoms with Gasteiger partial charge in [-0.2, -0.15) is 5.10 Å². The Morgan fingerprint density at radius 1 is 1.40 bits per heavy atom. The average Bonchev–Trinajstić information content (AvgIpc) is 2.77. The molecule has 1 aromatic heterocycles. The molecular weight excluding hydrogens is 254 g/mol.